The molecular weight excluding hydrogens is 516 g/mol. The zero-order chi connectivity index (χ0) is 29.1. The van der Waals surface area contributed by atoms with Crippen molar-refractivity contribution >= 4 is 34.7 Å². The number of ether oxygens (including phenoxy) is 2. The Kier molecular flexibility index (Phi) is 10.8. The van der Waals surface area contributed by atoms with E-state index in [-0.39, 0.29) is 47.1 Å². The van der Waals surface area contributed by atoms with E-state index >= 15 is 0 Å². The molecular formula is C28H32N6O6. The van der Waals surface area contributed by atoms with Gasteiger partial charge in [-0.1, -0.05) is 24.3 Å². The highest BCUT2D eigenvalue weighted by Crippen LogP contribution is 2.41. The topological polar surface area (TPSA) is 149 Å². The highest BCUT2D eigenvalue weighted by molar-refractivity contribution is 5.95. The zero-order valence-electron chi connectivity index (χ0n) is 22.8. The Hall–Kier alpha value is -4.68. The summed E-state index contributed by atoms with van der Waals surface area (Å²) in [5.41, 5.74) is 0.758. The highest BCUT2D eigenvalue weighted by Gasteiger charge is 2.15. The van der Waals surface area contributed by atoms with Gasteiger partial charge in [-0.15, -0.1) is 15.3 Å². The summed E-state index contributed by atoms with van der Waals surface area (Å²) >= 11 is 0. The van der Waals surface area contributed by atoms with Crippen molar-refractivity contribution in [3.63, 3.8) is 0 Å². The predicted molar refractivity (Wildman–Crippen MR) is 149 cm³/mol. The van der Waals surface area contributed by atoms with Gasteiger partial charge in [0.05, 0.1) is 16.8 Å². The van der Waals surface area contributed by atoms with Crippen molar-refractivity contribution < 1.29 is 29.3 Å². The molecule has 3 aromatic carbocycles. The third-order valence-electron chi connectivity index (χ3n) is 5.38. The van der Waals surface area contributed by atoms with Crippen LogP contribution in [0.2, 0.25) is 0 Å². The lowest BCUT2D eigenvalue weighted by atomic mass is 10.2. The standard InChI is InChI=1S/C28H32N6O6/c1-33(2)13-15-39-27(37)20-9-5-7-11-22(20)30-29-19-17-24(35)26(25(36)18-19)32-31-23-12-8-6-10-21(23)28(38)40-16-14-34(3)4/h5-12,17-18,35-36H,13-16H2,1-4H3. The second kappa shape index (κ2) is 14.5. The number of likely N-dealkylation sites (N-methyl/N-ethyl adjacent to an activating group) is 2. The molecule has 3 rings (SSSR count). The quantitative estimate of drug-likeness (QED) is 0.227. The third kappa shape index (κ3) is 8.68. The number of phenolic OH excluding ortho intramolecular Hbond substituents is 2. The molecule has 0 heterocycles. The highest BCUT2D eigenvalue weighted by atomic mass is 16.5. The molecule has 0 unspecified atom stereocenters. The van der Waals surface area contributed by atoms with Gasteiger partial charge >= 0.3 is 11.9 Å². The lowest BCUT2D eigenvalue weighted by molar-refractivity contribution is 0.0473. The van der Waals surface area contributed by atoms with E-state index in [1.165, 1.54) is 12.1 Å². The van der Waals surface area contributed by atoms with Crippen LogP contribution in [0.4, 0.5) is 22.7 Å². The van der Waals surface area contributed by atoms with Crippen LogP contribution in [-0.4, -0.2) is 86.4 Å². The normalized spacial score (nSPS) is 11.6. The van der Waals surface area contributed by atoms with Crippen molar-refractivity contribution in [1.29, 1.82) is 0 Å². The van der Waals surface area contributed by atoms with Gasteiger partial charge in [-0.3, -0.25) is 0 Å². The van der Waals surface area contributed by atoms with Crippen LogP contribution in [-0.2, 0) is 9.47 Å². The SMILES string of the molecule is CN(C)CCOC(=O)c1ccccc1N=Nc1cc(O)c(N=Nc2ccccc2C(=O)OCCN(C)C)c(O)c1. The Morgan fingerprint density at radius 2 is 1.10 bits per heavy atom. The Labute approximate surface area is 232 Å². The second-order valence-corrected chi connectivity index (χ2v) is 9.15. The smallest absolute Gasteiger partial charge is 0.340 e. The summed E-state index contributed by atoms with van der Waals surface area (Å²) in [5, 5.41) is 37.1. The molecule has 0 aromatic heterocycles. The molecule has 0 atom stereocenters. The predicted octanol–water partition coefficient (Wildman–Crippen LogP) is 5.37. The first kappa shape index (κ1) is 29.9. The summed E-state index contributed by atoms with van der Waals surface area (Å²) in [5.74, 6) is -1.94. The average Bonchev–Trinajstić information content (AvgIpc) is 2.91. The summed E-state index contributed by atoms with van der Waals surface area (Å²) in [4.78, 5) is 28.7. The number of phenols is 2. The Morgan fingerprint density at radius 1 is 0.675 bits per heavy atom. The molecule has 12 nitrogen and oxygen atoms in total. The van der Waals surface area contributed by atoms with Gasteiger partial charge in [0.1, 0.15) is 36.1 Å². The Morgan fingerprint density at radius 3 is 1.55 bits per heavy atom. The van der Waals surface area contributed by atoms with Gasteiger partial charge < -0.3 is 29.5 Å². The fourth-order valence-corrected chi connectivity index (χ4v) is 3.23. The summed E-state index contributed by atoms with van der Waals surface area (Å²) in [7, 11) is 7.48. The number of hydrogen-bond donors (Lipinski definition) is 2. The van der Waals surface area contributed by atoms with E-state index in [4.69, 9.17) is 9.47 Å². The van der Waals surface area contributed by atoms with E-state index in [0.717, 1.165) is 0 Å². The summed E-state index contributed by atoms with van der Waals surface area (Å²) in [6.07, 6.45) is 0. The van der Waals surface area contributed by atoms with Crippen molar-refractivity contribution in [3.05, 3.63) is 71.8 Å². The first-order valence-electron chi connectivity index (χ1n) is 12.4. The van der Waals surface area contributed by atoms with Crippen LogP contribution in [0.15, 0.2) is 81.1 Å². The van der Waals surface area contributed by atoms with Crippen molar-refractivity contribution in [2.75, 3.05) is 54.5 Å². The molecule has 0 aliphatic rings. The van der Waals surface area contributed by atoms with Crippen molar-refractivity contribution in [2.24, 2.45) is 20.5 Å². The fraction of sp³-hybridized carbons (Fsp3) is 0.286. The molecule has 0 aliphatic carbocycles. The Balaban J connectivity index is 1.77. The van der Waals surface area contributed by atoms with E-state index in [9.17, 15) is 19.8 Å². The number of benzene rings is 3. The second-order valence-electron chi connectivity index (χ2n) is 9.15. The van der Waals surface area contributed by atoms with Crippen LogP contribution in [0.5, 0.6) is 11.5 Å². The number of hydrogen-bond acceptors (Lipinski definition) is 12. The number of nitrogens with zero attached hydrogens (tertiary/aromatic N) is 6. The van der Waals surface area contributed by atoms with Gasteiger partial charge in [0.25, 0.3) is 0 Å². The van der Waals surface area contributed by atoms with Crippen molar-refractivity contribution in [1.82, 2.24) is 9.80 Å². The van der Waals surface area contributed by atoms with Crippen LogP contribution in [0.25, 0.3) is 0 Å². The van der Waals surface area contributed by atoms with Gasteiger partial charge in [-0.05, 0) is 52.5 Å². The molecule has 0 saturated heterocycles. The number of carbonyl (C=O) groups is 2. The molecule has 40 heavy (non-hydrogen) atoms. The molecule has 210 valence electrons. The molecule has 0 fully saturated rings. The van der Waals surface area contributed by atoms with Gasteiger partial charge in [-0.25, -0.2) is 9.59 Å². The molecule has 0 spiro atoms. The maximum atomic E-state index is 12.5. The third-order valence-corrected chi connectivity index (χ3v) is 5.38. The molecule has 3 aromatic rings. The minimum atomic E-state index is -0.567. The fourth-order valence-electron chi connectivity index (χ4n) is 3.23. The van der Waals surface area contributed by atoms with Crippen LogP contribution in [0.3, 0.4) is 0 Å². The maximum absolute atomic E-state index is 12.5. The number of carbonyl (C=O) groups excluding carboxylic acids is 2. The van der Waals surface area contributed by atoms with Crippen LogP contribution < -0.4 is 0 Å². The van der Waals surface area contributed by atoms with E-state index in [1.807, 2.05) is 38.0 Å². The molecule has 12 heteroatoms. The zero-order valence-corrected chi connectivity index (χ0v) is 22.8. The van der Waals surface area contributed by atoms with Crippen LogP contribution in [0, 0.1) is 0 Å². The van der Waals surface area contributed by atoms with E-state index in [0.29, 0.717) is 13.1 Å². The molecule has 0 saturated carbocycles. The number of rotatable bonds is 12. The number of aromatic hydroxyl groups is 2. The first-order chi connectivity index (χ1) is 19.2. The largest absolute Gasteiger partial charge is 0.505 e. The summed E-state index contributed by atoms with van der Waals surface area (Å²) in [6, 6.07) is 15.4. The van der Waals surface area contributed by atoms with Gasteiger partial charge in [0.2, 0.25) is 0 Å². The van der Waals surface area contributed by atoms with Crippen molar-refractivity contribution in [2.45, 2.75) is 0 Å². The molecule has 2 N–H and O–H groups in total. The monoisotopic (exact) mass is 548 g/mol. The first-order valence-corrected chi connectivity index (χ1v) is 12.4. The minimum Gasteiger partial charge on any atom is -0.505 e. The van der Waals surface area contributed by atoms with Crippen molar-refractivity contribution in [3.8, 4) is 11.5 Å². The summed E-state index contributed by atoms with van der Waals surface area (Å²) in [6.45, 7) is 1.56. The van der Waals surface area contributed by atoms with Gasteiger partial charge in [0.15, 0.2) is 5.69 Å². The average molecular weight is 549 g/mol. The van der Waals surface area contributed by atoms with Gasteiger partial charge in [-0.2, -0.15) is 5.11 Å². The molecule has 0 aliphatic heterocycles. The molecule has 0 amide bonds. The van der Waals surface area contributed by atoms with E-state index in [1.54, 1.807) is 48.5 Å². The van der Waals surface area contributed by atoms with Gasteiger partial charge in [0, 0.05) is 25.2 Å². The number of esters is 2. The lowest BCUT2D eigenvalue weighted by Crippen LogP contribution is -2.20. The van der Waals surface area contributed by atoms with Crippen LogP contribution in [0.1, 0.15) is 20.7 Å². The molecule has 0 bridgehead atoms. The Bertz CT molecular complexity index is 1370. The lowest BCUT2D eigenvalue weighted by Gasteiger charge is -2.10. The molecule has 0 radical (unpaired) electrons. The maximum Gasteiger partial charge on any atom is 0.340 e. The summed E-state index contributed by atoms with van der Waals surface area (Å²) < 4.78 is 10.6. The van der Waals surface area contributed by atoms with E-state index in [2.05, 4.69) is 20.5 Å². The van der Waals surface area contributed by atoms with Crippen LogP contribution >= 0.6 is 0 Å². The minimum absolute atomic E-state index is 0.106. The number of azo groups is 2. The van der Waals surface area contributed by atoms with E-state index < -0.39 is 23.4 Å².